The minimum Gasteiger partial charge on any atom is -0.484 e. The van der Waals surface area contributed by atoms with Crippen LogP contribution in [-0.4, -0.2) is 44.5 Å². The summed E-state index contributed by atoms with van der Waals surface area (Å²) < 4.78 is 33.0. The van der Waals surface area contributed by atoms with Gasteiger partial charge in [0.1, 0.15) is 12.3 Å². The summed E-state index contributed by atoms with van der Waals surface area (Å²) in [4.78, 5) is 35.3. The van der Waals surface area contributed by atoms with E-state index in [1.807, 2.05) is 6.07 Å². The van der Waals surface area contributed by atoms with Crippen LogP contribution in [0.1, 0.15) is 5.56 Å². The predicted octanol–water partition coefficient (Wildman–Crippen LogP) is 3.96. The molecule has 42 heavy (non-hydrogen) atoms. The van der Waals surface area contributed by atoms with Crippen LogP contribution in [0.25, 0.3) is 0 Å². The number of nitro benzene ring substituents is 1. The van der Waals surface area contributed by atoms with Gasteiger partial charge in [-0.3, -0.25) is 24.0 Å². The minimum absolute atomic E-state index is 0.0554. The van der Waals surface area contributed by atoms with Crippen LogP contribution >= 0.6 is 0 Å². The van der Waals surface area contributed by atoms with E-state index in [1.165, 1.54) is 48.7 Å². The van der Waals surface area contributed by atoms with E-state index < -0.39 is 27.4 Å². The summed E-state index contributed by atoms with van der Waals surface area (Å²) in [5.74, 6) is -0.650. The van der Waals surface area contributed by atoms with Gasteiger partial charge in [0.2, 0.25) is 0 Å². The molecule has 0 atom stereocenters. The molecule has 0 heterocycles. The number of nitrogens with one attached hydrogen (secondary N) is 2. The lowest BCUT2D eigenvalue weighted by atomic mass is 10.2. The van der Waals surface area contributed by atoms with Gasteiger partial charge in [-0.15, -0.1) is 0 Å². The molecule has 12 nitrogen and oxygen atoms in total. The first-order valence-electron chi connectivity index (χ1n) is 12.4. The van der Waals surface area contributed by atoms with Crippen molar-refractivity contribution in [3.05, 3.63) is 125 Å². The molecule has 0 aliphatic carbocycles. The largest absolute Gasteiger partial charge is 0.484 e. The summed E-state index contributed by atoms with van der Waals surface area (Å²) in [6.07, 6.45) is 1.34. The topological polar surface area (TPSA) is 160 Å². The van der Waals surface area contributed by atoms with Crippen LogP contribution in [0, 0.1) is 10.1 Å². The van der Waals surface area contributed by atoms with E-state index in [9.17, 15) is 28.1 Å². The second-order valence-corrected chi connectivity index (χ2v) is 10.5. The number of hydrazone groups is 1. The molecule has 0 radical (unpaired) electrons. The van der Waals surface area contributed by atoms with E-state index in [-0.39, 0.29) is 28.8 Å². The Morgan fingerprint density at radius 1 is 0.881 bits per heavy atom. The monoisotopic (exact) mass is 587 g/mol. The zero-order valence-corrected chi connectivity index (χ0v) is 22.8. The number of non-ortho nitro benzene ring substituents is 1. The molecule has 4 rings (SSSR count). The molecule has 4 aromatic rings. The molecule has 214 valence electrons. The van der Waals surface area contributed by atoms with Gasteiger partial charge in [-0.2, -0.15) is 5.10 Å². The van der Waals surface area contributed by atoms with Crippen molar-refractivity contribution in [1.29, 1.82) is 0 Å². The lowest BCUT2D eigenvalue weighted by Crippen LogP contribution is -2.39. The highest BCUT2D eigenvalue weighted by molar-refractivity contribution is 7.92. The maximum atomic E-state index is 13.4. The maximum absolute atomic E-state index is 13.4. The van der Waals surface area contributed by atoms with Gasteiger partial charge in [-0.1, -0.05) is 42.5 Å². The summed E-state index contributed by atoms with van der Waals surface area (Å²) in [5, 5.41) is 17.9. The van der Waals surface area contributed by atoms with Crippen molar-refractivity contribution >= 4 is 45.1 Å². The molecule has 4 aromatic carbocycles. The van der Waals surface area contributed by atoms with E-state index in [2.05, 4.69) is 15.8 Å². The standard InChI is InChI=1S/C29H25N5O7S/c35-28(20-33(24-10-7-11-25(18-24)34(37)38)42(39,40)27-12-5-2-6-13-27)32-30-19-22-14-16-26(17-15-22)41-21-29(36)31-23-8-3-1-4-9-23/h1-19H,20-21H2,(H,31,36)(H,32,35)/b30-19-. The van der Waals surface area contributed by atoms with E-state index in [4.69, 9.17) is 4.74 Å². The average molecular weight is 588 g/mol. The number of nitro groups is 1. The van der Waals surface area contributed by atoms with Crippen LogP contribution in [0.3, 0.4) is 0 Å². The summed E-state index contributed by atoms with van der Waals surface area (Å²) in [6, 6.07) is 27.9. The average Bonchev–Trinajstić information content (AvgIpc) is 3.00. The number of ether oxygens (including phenoxy) is 1. The number of carbonyl (C=O) groups is 2. The summed E-state index contributed by atoms with van der Waals surface area (Å²) in [6.45, 7) is -0.876. The van der Waals surface area contributed by atoms with Gasteiger partial charge in [-0.25, -0.2) is 13.8 Å². The first kappa shape index (κ1) is 29.4. The van der Waals surface area contributed by atoms with Crippen LogP contribution in [0.15, 0.2) is 119 Å². The molecule has 0 spiro atoms. The smallest absolute Gasteiger partial charge is 0.271 e. The Kier molecular flexibility index (Phi) is 9.58. The Morgan fingerprint density at radius 2 is 1.55 bits per heavy atom. The van der Waals surface area contributed by atoms with Crippen LogP contribution in [0.5, 0.6) is 5.75 Å². The van der Waals surface area contributed by atoms with Crippen LogP contribution in [0.2, 0.25) is 0 Å². The van der Waals surface area contributed by atoms with E-state index in [1.54, 1.807) is 54.6 Å². The molecular formula is C29H25N5O7S. The Balaban J connectivity index is 1.38. The Morgan fingerprint density at radius 3 is 2.21 bits per heavy atom. The van der Waals surface area contributed by atoms with Gasteiger partial charge < -0.3 is 10.1 Å². The van der Waals surface area contributed by atoms with Gasteiger partial charge in [0, 0.05) is 17.8 Å². The Labute approximate surface area is 241 Å². The van der Waals surface area contributed by atoms with Gasteiger partial charge in [0.05, 0.1) is 21.7 Å². The summed E-state index contributed by atoms with van der Waals surface area (Å²) in [7, 11) is -4.25. The number of carbonyl (C=O) groups excluding carboxylic acids is 2. The van der Waals surface area contributed by atoms with Gasteiger partial charge in [0.15, 0.2) is 6.61 Å². The third-order valence-electron chi connectivity index (χ3n) is 5.66. The van der Waals surface area contributed by atoms with Crippen LogP contribution in [-0.2, 0) is 19.6 Å². The number of benzene rings is 4. The highest BCUT2D eigenvalue weighted by atomic mass is 32.2. The van der Waals surface area contributed by atoms with Crippen LogP contribution < -0.4 is 19.8 Å². The normalized spacial score (nSPS) is 11.0. The zero-order valence-electron chi connectivity index (χ0n) is 22.0. The van der Waals surface area contributed by atoms with Crippen molar-refractivity contribution in [2.45, 2.75) is 4.90 Å². The highest BCUT2D eigenvalue weighted by Crippen LogP contribution is 2.26. The molecule has 0 aliphatic rings. The maximum Gasteiger partial charge on any atom is 0.271 e. The number of nitrogens with zero attached hydrogens (tertiary/aromatic N) is 3. The summed E-state index contributed by atoms with van der Waals surface area (Å²) in [5.41, 5.74) is 3.14. The number of hydrogen-bond donors (Lipinski definition) is 2. The van der Waals surface area contributed by atoms with E-state index in [0.29, 0.717) is 17.0 Å². The molecule has 0 fully saturated rings. The van der Waals surface area contributed by atoms with Crippen molar-refractivity contribution < 1.29 is 27.7 Å². The first-order chi connectivity index (χ1) is 20.2. The van der Waals surface area contributed by atoms with Crippen molar-refractivity contribution in [2.24, 2.45) is 5.10 Å². The van der Waals surface area contributed by atoms with Crippen molar-refractivity contribution in [3.8, 4) is 5.75 Å². The molecule has 2 amide bonds. The lowest BCUT2D eigenvalue weighted by molar-refractivity contribution is -0.384. The Bertz CT molecular complexity index is 1680. The molecular weight excluding hydrogens is 562 g/mol. The zero-order chi connectivity index (χ0) is 30.0. The Hall–Kier alpha value is -5.56. The minimum atomic E-state index is -4.25. The number of sulfonamides is 1. The predicted molar refractivity (Wildman–Crippen MR) is 157 cm³/mol. The van der Waals surface area contributed by atoms with Crippen molar-refractivity contribution in [2.75, 3.05) is 22.8 Å². The molecule has 0 aromatic heterocycles. The van der Waals surface area contributed by atoms with Crippen LogP contribution in [0.4, 0.5) is 17.1 Å². The molecule has 0 saturated carbocycles. The van der Waals surface area contributed by atoms with E-state index >= 15 is 0 Å². The fraction of sp³-hybridized carbons (Fsp3) is 0.0690. The first-order valence-corrected chi connectivity index (χ1v) is 13.9. The fourth-order valence-electron chi connectivity index (χ4n) is 3.66. The van der Waals surface area contributed by atoms with Crippen molar-refractivity contribution in [3.63, 3.8) is 0 Å². The second-order valence-electron chi connectivity index (χ2n) is 8.67. The third-order valence-corrected chi connectivity index (χ3v) is 7.45. The van der Waals surface area contributed by atoms with Crippen molar-refractivity contribution in [1.82, 2.24) is 5.43 Å². The molecule has 13 heteroatoms. The second kappa shape index (κ2) is 13.7. The van der Waals surface area contributed by atoms with Gasteiger partial charge >= 0.3 is 0 Å². The number of rotatable bonds is 12. The number of para-hydroxylation sites is 1. The number of hydrogen-bond acceptors (Lipinski definition) is 8. The molecule has 0 unspecified atom stereocenters. The highest BCUT2D eigenvalue weighted by Gasteiger charge is 2.28. The summed E-state index contributed by atoms with van der Waals surface area (Å²) >= 11 is 0. The molecule has 0 aliphatic heterocycles. The van der Waals surface area contributed by atoms with Gasteiger partial charge in [-0.05, 0) is 60.2 Å². The van der Waals surface area contributed by atoms with Gasteiger partial charge in [0.25, 0.3) is 27.5 Å². The molecule has 0 bridgehead atoms. The SMILES string of the molecule is O=C(CN(c1cccc([N+](=O)[O-])c1)S(=O)(=O)c1ccccc1)N/N=C\c1ccc(OCC(=O)Nc2ccccc2)cc1. The lowest BCUT2D eigenvalue weighted by Gasteiger charge is -2.23. The third kappa shape index (κ3) is 7.99. The van der Waals surface area contributed by atoms with E-state index in [0.717, 1.165) is 10.4 Å². The molecule has 0 saturated heterocycles. The molecule has 2 N–H and O–H groups in total. The fourth-order valence-corrected chi connectivity index (χ4v) is 5.09. The number of amides is 2. The number of anilines is 2. The quantitative estimate of drug-likeness (QED) is 0.144.